The van der Waals surface area contributed by atoms with Gasteiger partial charge in [0.1, 0.15) is 19.0 Å². The number of carbonyl (C=O) groups excluding carboxylic acids is 6. The van der Waals surface area contributed by atoms with Crippen molar-refractivity contribution in [3.05, 3.63) is 204 Å². The van der Waals surface area contributed by atoms with Crippen molar-refractivity contribution in [2.45, 2.75) is 18.8 Å². The number of hydrogen-bond acceptors (Lipinski definition) is 11. The number of esters is 2. The molecule has 2 aromatic heterocycles. The van der Waals surface area contributed by atoms with E-state index in [1.807, 2.05) is 0 Å². The quantitative estimate of drug-likeness (QED) is 0.0480. The average Bonchev–Trinajstić information content (AvgIpc) is 4.07. The number of rotatable bonds is 8. The van der Waals surface area contributed by atoms with Crippen LogP contribution in [-0.4, -0.2) is 35.1 Å². The molecule has 6 aromatic carbocycles. The number of allylic oxidation sites excluding steroid dienone is 2. The normalized spacial score (nSPS) is 14.4. The minimum atomic E-state index is -2.66. The van der Waals surface area contributed by atoms with Crippen molar-refractivity contribution < 1.29 is 60.5 Å². The van der Waals surface area contributed by atoms with Crippen LogP contribution < -0.4 is 4.74 Å². The van der Waals surface area contributed by atoms with Crippen LogP contribution in [-0.2, 0) is 37.9 Å². The maximum Gasteiger partial charge on any atom is 0.367 e. The lowest BCUT2D eigenvalue weighted by molar-refractivity contribution is -0.183. The monoisotopic (exact) mass is 946 g/mol. The van der Waals surface area contributed by atoms with Gasteiger partial charge in [0.15, 0.2) is 46.4 Å². The fourth-order valence-electron chi connectivity index (χ4n) is 8.54. The second-order valence-corrected chi connectivity index (χ2v) is 18.3. The van der Waals surface area contributed by atoms with Gasteiger partial charge in [-0.3, -0.25) is 19.2 Å². The summed E-state index contributed by atoms with van der Waals surface area (Å²) in [5.74, 6) is -9.63. The molecule has 0 saturated carbocycles. The third-order valence-electron chi connectivity index (χ3n) is 11.9. The first-order chi connectivity index (χ1) is 32.8. The number of ketones is 4. The lowest BCUT2D eigenvalue weighted by Gasteiger charge is -2.33. The average molecular weight is 947 g/mol. The Morgan fingerprint density at radius 3 is 1.26 bits per heavy atom. The Hall–Kier alpha value is -8.14. The van der Waals surface area contributed by atoms with E-state index in [0.29, 0.717) is 16.0 Å². The van der Waals surface area contributed by atoms with E-state index in [2.05, 4.69) is 0 Å². The van der Waals surface area contributed by atoms with E-state index in [9.17, 15) is 46.3 Å². The van der Waals surface area contributed by atoms with E-state index in [1.54, 1.807) is 60.7 Å². The van der Waals surface area contributed by atoms with Crippen LogP contribution in [0.5, 0.6) is 5.75 Å². The Morgan fingerprint density at radius 2 is 0.868 bits per heavy atom. The zero-order valence-electron chi connectivity index (χ0n) is 34.6. The summed E-state index contributed by atoms with van der Waals surface area (Å²) in [5, 5.41) is 0.808. The van der Waals surface area contributed by atoms with Crippen molar-refractivity contribution in [2.75, 3.05) is 0 Å². The van der Waals surface area contributed by atoms with E-state index >= 15 is 0 Å². The number of benzene rings is 6. The van der Waals surface area contributed by atoms with Crippen LogP contribution >= 0.6 is 22.7 Å². The van der Waals surface area contributed by atoms with Crippen LogP contribution in [0.3, 0.4) is 0 Å². The van der Waals surface area contributed by atoms with Gasteiger partial charge in [-0.05, 0) is 105 Å². The highest BCUT2D eigenvalue weighted by Crippen LogP contribution is 2.55. The van der Waals surface area contributed by atoms with Crippen LogP contribution in [0.15, 0.2) is 132 Å². The van der Waals surface area contributed by atoms with E-state index < -0.39 is 63.9 Å². The van der Waals surface area contributed by atoms with E-state index in [0.717, 1.165) is 46.9 Å². The Kier molecular flexibility index (Phi) is 10.0. The molecule has 0 bridgehead atoms. The summed E-state index contributed by atoms with van der Waals surface area (Å²) in [7, 11) is 0. The molecule has 2 aliphatic carbocycles. The minimum Gasteiger partial charge on any atom is -0.458 e. The van der Waals surface area contributed by atoms with Crippen molar-refractivity contribution >= 4 is 91.4 Å². The summed E-state index contributed by atoms with van der Waals surface area (Å²) in [6.07, 6.45) is 2.61. The highest BCUT2D eigenvalue weighted by molar-refractivity contribution is 7.23. The van der Waals surface area contributed by atoms with Crippen molar-refractivity contribution in [1.82, 2.24) is 0 Å². The van der Waals surface area contributed by atoms with Crippen LogP contribution in [0.1, 0.15) is 67.9 Å². The molecule has 3 aliphatic rings. The minimum absolute atomic E-state index is 0.0116. The lowest BCUT2D eigenvalue weighted by atomic mass is 9.90. The first-order valence-electron chi connectivity index (χ1n) is 20.6. The Labute approximate surface area is 389 Å². The van der Waals surface area contributed by atoms with Crippen molar-refractivity contribution in [2.24, 2.45) is 0 Å². The molecular weight excluding hydrogens is 921 g/mol. The molecule has 9 nitrogen and oxygen atoms in total. The molecule has 0 N–H and O–H groups in total. The maximum atomic E-state index is 14.8. The molecule has 0 spiro atoms. The highest BCUT2D eigenvalue weighted by atomic mass is 32.1. The van der Waals surface area contributed by atoms with Gasteiger partial charge >= 0.3 is 17.5 Å². The van der Waals surface area contributed by atoms with Gasteiger partial charge in [-0.2, -0.15) is 0 Å². The van der Waals surface area contributed by atoms with Gasteiger partial charge in [-0.1, -0.05) is 60.7 Å². The van der Waals surface area contributed by atoms with Gasteiger partial charge in [0, 0.05) is 37.6 Å². The molecule has 332 valence electrons. The van der Waals surface area contributed by atoms with Crippen LogP contribution in [0.25, 0.3) is 43.5 Å². The van der Waals surface area contributed by atoms with E-state index in [1.165, 1.54) is 48.6 Å². The summed E-state index contributed by atoms with van der Waals surface area (Å²) in [5.41, 5.74) is -2.21. The van der Waals surface area contributed by atoms with E-state index in [-0.39, 0.29) is 94.1 Å². The molecule has 0 saturated heterocycles. The number of thiophene rings is 2. The van der Waals surface area contributed by atoms with Crippen molar-refractivity contribution in [3.63, 3.8) is 0 Å². The third kappa shape index (κ3) is 6.88. The van der Waals surface area contributed by atoms with Crippen molar-refractivity contribution in [1.29, 1.82) is 0 Å². The Morgan fingerprint density at radius 1 is 0.500 bits per heavy atom. The maximum absolute atomic E-state index is 14.8. The summed E-state index contributed by atoms with van der Waals surface area (Å²) in [4.78, 5) is 86.0. The van der Waals surface area contributed by atoms with Gasteiger partial charge in [0.25, 0.3) is 0 Å². The number of fused-ring (bicyclic) bond motifs is 7. The molecule has 0 radical (unpaired) electrons. The summed E-state index contributed by atoms with van der Waals surface area (Å²) >= 11 is 2.03. The van der Waals surface area contributed by atoms with Gasteiger partial charge in [-0.25, -0.2) is 27.2 Å². The van der Waals surface area contributed by atoms with Gasteiger partial charge in [0.05, 0.1) is 20.9 Å². The third-order valence-corrected chi connectivity index (χ3v) is 14.2. The van der Waals surface area contributed by atoms with Gasteiger partial charge in [0.2, 0.25) is 0 Å². The predicted molar refractivity (Wildman–Crippen MR) is 243 cm³/mol. The largest absolute Gasteiger partial charge is 0.458 e. The molecule has 3 heterocycles. The molecule has 0 fully saturated rings. The van der Waals surface area contributed by atoms with Gasteiger partial charge < -0.3 is 14.2 Å². The Bertz CT molecular complexity index is 3480. The zero-order chi connectivity index (χ0) is 47.2. The molecule has 0 atom stereocenters. The fourth-order valence-corrected chi connectivity index (χ4v) is 10.9. The number of hydrogen-bond donors (Lipinski definition) is 0. The Balaban J connectivity index is 1.04. The SMILES string of the molecule is O=C1C(=Cc2cc3c(s2)-c2sc(C=C4C(=O)c5cc6cc(F)c(F)cc6cc5C4=O)cc2C(C(=O)OCc2ccccc2)(C(=O)OCc2ccccc2)O3)C(=O)c2cc3cc(F)c(F)cc3cc21. The summed E-state index contributed by atoms with van der Waals surface area (Å²) < 4.78 is 74.9. The molecule has 68 heavy (non-hydrogen) atoms. The predicted octanol–water partition coefficient (Wildman–Crippen LogP) is 11.3. The summed E-state index contributed by atoms with van der Waals surface area (Å²) in [6, 6.07) is 29.1. The molecule has 0 unspecified atom stereocenters. The number of carbonyl (C=O) groups is 6. The number of Topliss-reactive ketones (excluding diaryl/α,β-unsaturated/α-hetero) is 4. The molecule has 8 aromatic rings. The number of ether oxygens (including phenoxy) is 3. The second-order valence-electron chi connectivity index (χ2n) is 16.1. The second kappa shape index (κ2) is 16.0. The fraction of sp³-hybridized carbons (Fsp3) is 0.0566. The summed E-state index contributed by atoms with van der Waals surface area (Å²) in [6.45, 7) is -0.576. The van der Waals surface area contributed by atoms with Crippen LogP contribution in [0.4, 0.5) is 17.6 Å². The van der Waals surface area contributed by atoms with Gasteiger partial charge in [-0.15, -0.1) is 22.7 Å². The molecular formula is C53H26F4O9S2. The molecule has 0 amide bonds. The lowest BCUT2D eigenvalue weighted by Crippen LogP contribution is -2.52. The van der Waals surface area contributed by atoms with Crippen molar-refractivity contribution in [3.8, 4) is 15.5 Å². The first kappa shape index (κ1) is 42.5. The highest BCUT2D eigenvalue weighted by Gasteiger charge is 2.59. The smallest absolute Gasteiger partial charge is 0.367 e. The number of halogens is 4. The molecule has 15 heteroatoms. The first-order valence-corrected chi connectivity index (χ1v) is 22.3. The van der Waals surface area contributed by atoms with E-state index in [4.69, 9.17) is 14.2 Å². The molecule has 11 rings (SSSR count). The van der Waals surface area contributed by atoms with Crippen LogP contribution in [0.2, 0.25) is 0 Å². The molecule has 1 aliphatic heterocycles. The zero-order valence-corrected chi connectivity index (χ0v) is 36.3. The van der Waals surface area contributed by atoms with Crippen LogP contribution in [0, 0.1) is 23.3 Å². The standard InChI is InChI=1S/C53H26F4O9S2/c54-40-15-27-11-33-34(12-28(27)16-41(40)55)46(59)37(45(33)58)19-31-21-39-49(67-31)50-44(22-32(68-50)20-38-47(60)35-13-29-17-42(56)43(57)18-30(29)14-36(35)48(38)61)66-53(39,51(62)64-23-25-7-3-1-4-8-25)52(63)65-24-26-9-5-2-6-10-26/h1-22H,23-24H2. The topological polar surface area (TPSA) is 130 Å².